The number of rotatable bonds is 14. The van der Waals surface area contributed by atoms with Gasteiger partial charge in [-0.2, -0.15) is 0 Å². The Bertz CT molecular complexity index is 2330. The molecule has 0 bridgehead atoms. The van der Waals surface area contributed by atoms with Crippen LogP contribution in [0.2, 0.25) is 0 Å². The van der Waals surface area contributed by atoms with Gasteiger partial charge in [-0.3, -0.25) is 33.6 Å². The molecule has 380 valence electrons. The molecule has 70 heavy (non-hydrogen) atoms. The molecular weight excluding hydrogens is 897 g/mol. The molecule has 3 fully saturated rings. The van der Waals surface area contributed by atoms with E-state index in [1.807, 2.05) is 12.1 Å². The average molecular weight is 969 g/mol. The second kappa shape index (κ2) is 25.1. The Kier molecular flexibility index (Phi) is 19.1. The van der Waals surface area contributed by atoms with Gasteiger partial charge < -0.3 is 57.4 Å². The summed E-state index contributed by atoms with van der Waals surface area (Å²) in [5.74, 6) is -4.88. The van der Waals surface area contributed by atoms with Crippen LogP contribution in [0.5, 0.6) is 5.75 Å². The largest absolute Gasteiger partial charge is 0.508 e. The maximum atomic E-state index is 14.3. The summed E-state index contributed by atoms with van der Waals surface area (Å²) in [5, 5.41) is 47.2. The normalized spacial score (nSPS) is 25.2. The highest BCUT2D eigenvalue weighted by molar-refractivity contribution is 6.02. The minimum Gasteiger partial charge on any atom is -0.508 e. The summed E-state index contributed by atoms with van der Waals surface area (Å²) in [6, 6.07) is 9.30. The van der Waals surface area contributed by atoms with Crippen molar-refractivity contribution in [3.8, 4) is 5.75 Å². The number of carbonyl (C=O) groups is 7. The van der Waals surface area contributed by atoms with Crippen LogP contribution in [0.1, 0.15) is 119 Å². The number of phenols is 1. The van der Waals surface area contributed by atoms with Gasteiger partial charge in [0.15, 0.2) is 0 Å². The van der Waals surface area contributed by atoms with Crippen LogP contribution < -0.4 is 32.3 Å². The minimum absolute atomic E-state index is 0.00225. The fraction of sp³-hybridized carbons (Fsp3) is 0.558. The smallest absolute Gasteiger partial charge is 0.251 e. The fourth-order valence-electron chi connectivity index (χ4n) is 9.66. The third kappa shape index (κ3) is 14.0. The third-order valence-corrected chi connectivity index (χ3v) is 13.7. The number of aryl methyl sites for hydroxylation is 2. The summed E-state index contributed by atoms with van der Waals surface area (Å²) in [7, 11) is 0. The number of benzene rings is 3. The molecule has 0 aromatic heterocycles. The molecule has 3 saturated heterocycles. The summed E-state index contributed by atoms with van der Waals surface area (Å²) in [4.78, 5) is 101. The van der Waals surface area contributed by atoms with Gasteiger partial charge in [0.25, 0.3) is 5.91 Å². The first-order valence-electron chi connectivity index (χ1n) is 25.1. The molecule has 3 aliphatic rings. The van der Waals surface area contributed by atoms with E-state index in [0.29, 0.717) is 12.0 Å². The first-order chi connectivity index (χ1) is 33.5. The SMILES string of the molecule is CCCCCCCCc1ccc2cc(C(=O)N[C@H]3CCCNC(=O)[C@@H]4C[C@H](N)CN4C(=O)[C@H](C(C)O)NC(=O)[C@H](CCc4ccc(O)cc4)NC(=O)[C@@H]4CCCN4C(=O)[C@H](C(C)O)NC3=O)ccc2c1. The van der Waals surface area contributed by atoms with Gasteiger partial charge in [0.2, 0.25) is 35.4 Å². The number of nitrogens with one attached hydrogen (secondary N) is 5. The lowest BCUT2D eigenvalue weighted by Crippen LogP contribution is -2.61. The summed E-state index contributed by atoms with van der Waals surface area (Å²) < 4.78 is 0. The van der Waals surface area contributed by atoms with E-state index in [2.05, 4.69) is 45.6 Å². The predicted octanol–water partition coefficient (Wildman–Crippen LogP) is 2.22. The van der Waals surface area contributed by atoms with Gasteiger partial charge >= 0.3 is 0 Å². The summed E-state index contributed by atoms with van der Waals surface area (Å²) >= 11 is 0. The van der Waals surface area contributed by atoms with Crippen molar-refractivity contribution in [1.82, 2.24) is 36.4 Å². The maximum absolute atomic E-state index is 14.3. The van der Waals surface area contributed by atoms with Crippen LogP contribution in [-0.4, -0.2) is 141 Å². The first-order valence-corrected chi connectivity index (χ1v) is 25.1. The highest BCUT2D eigenvalue weighted by Crippen LogP contribution is 2.24. The van der Waals surface area contributed by atoms with Gasteiger partial charge in [0, 0.05) is 31.2 Å². The Morgan fingerprint density at radius 1 is 0.714 bits per heavy atom. The Morgan fingerprint density at radius 2 is 1.36 bits per heavy atom. The van der Waals surface area contributed by atoms with E-state index >= 15 is 0 Å². The van der Waals surface area contributed by atoms with Gasteiger partial charge in [-0.15, -0.1) is 0 Å². The van der Waals surface area contributed by atoms with Crippen LogP contribution in [0, 0.1) is 0 Å². The molecule has 18 heteroatoms. The lowest BCUT2D eigenvalue weighted by molar-refractivity contribution is -0.145. The number of aliphatic hydroxyl groups is 2. The second-order valence-corrected chi connectivity index (χ2v) is 19.3. The highest BCUT2D eigenvalue weighted by atomic mass is 16.3. The number of hydrogen-bond acceptors (Lipinski definition) is 11. The van der Waals surface area contributed by atoms with Gasteiger partial charge in [-0.05, 0) is 118 Å². The molecule has 3 heterocycles. The van der Waals surface area contributed by atoms with Crippen LogP contribution in [0.3, 0.4) is 0 Å². The van der Waals surface area contributed by atoms with Crippen LogP contribution in [-0.2, 0) is 41.6 Å². The van der Waals surface area contributed by atoms with Crippen molar-refractivity contribution < 1.29 is 48.9 Å². The summed E-state index contributed by atoms with van der Waals surface area (Å²) in [6.45, 7) is 4.90. The first kappa shape index (κ1) is 53.2. The van der Waals surface area contributed by atoms with Crippen molar-refractivity contribution in [1.29, 1.82) is 0 Å². The second-order valence-electron chi connectivity index (χ2n) is 19.3. The number of aromatic hydroxyl groups is 1. The van der Waals surface area contributed by atoms with Crippen LogP contribution in [0.25, 0.3) is 10.8 Å². The van der Waals surface area contributed by atoms with Gasteiger partial charge in [-0.1, -0.05) is 75.4 Å². The Labute approximate surface area is 409 Å². The molecule has 0 radical (unpaired) electrons. The zero-order chi connectivity index (χ0) is 50.5. The monoisotopic (exact) mass is 969 g/mol. The number of amides is 7. The number of nitrogens with two attached hydrogens (primary N) is 1. The number of fused-ring (bicyclic) bond motifs is 3. The Balaban J connectivity index is 1.26. The van der Waals surface area contributed by atoms with E-state index in [-0.39, 0.29) is 63.9 Å². The van der Waals surface area contributed by atoms with Crippen molar-refractivity contribution in [2.75, 3.05) is 19.6 Å². The Hall–Kier alpha value is -6.11. The molecule has 0 saturated carbocycles. The van der Waals surface area contributed by atoms with Crippen LogP contribution in [0.15, 0.2) is 60.7 Å². The molecular formula is C52H72N8O10. The van der Waals surface area contributed by atoms with Gasteiger partial charge in [-0.25, -0.2) is 0 Å². The maximum Gasteiger partial charge on any atom is 0.251 e. The van der Waals surface area contributed by atoms with Gasteiger partial charge in [0.1, 0.15) is 42.0 Å². The fourth-order valence-corrected chi connectivity index (χ4v) is 9.66. The number of aliphatic hydroxyl groups excluding tert-OH is 2. The van der Waals surface area contributed by atoms with Crippen molar-refractivity contribution in [3.05, 3.63) is 77.4 Å². The van der Waals surface area contributed by atoms with E-state index in [9.17, 15) is 48.9 Å². The van der Waals surface area contributed by atoms with E-state index < -0.39 is 95.9 Å². The van der Waals surface area contributed by atoms with Crippen molar-refractivity contribution in [2.45, 2.75) is 165 Å². The van der Waals surface area contributed by atoms with Crippen molar-refractivity contribution in [2.24, 2.45) is 5.73 Å². The molecule has 7 amide bonds. The molecule has 10 N–H and O–H groups in total. The standard InChI is InChI=1S/C52H72N8O10/c1-4-5-6-7-8-9-12-34-15-19-36-28-37(21-20-35(36)27-34)46(64)55-40-13-10-25-54-49(67)43-29-38(53)30-60(43)52(70)45(32(3)62)58-48(66)41(24-18-33-16-22-39(63)23-17-33)56-50(68)42-14-11-26-59(42)51(69)44(31(2)61)57-47(40)65/h15-17,19-23,27-28,31-32,38,40-45,61-63H,4-14,18,24-26,29-30,53H2,1-3H3,(H,54,67)(H,55,64)(H,56,68)(H,57,65)(H,58,66)/t31?,32?,38-,40-,41-,42-,43-,44-,45-/m0/s1. The Morgan fingerprint density at radius 3 is 2.07 bits per heavy atom. The molecule has 9 atom stereocenters. The van der Waals surface area contributed by atoms with E-state index in [1.165, 1.54) is 73.4 Å². The molecule has 0 aliphatic carbocycles. The quantitative estimate of drug-likeness (QED) is 0.106. The molecule has 6 rings (SSSR count). The minimum atomic E-state index is -1.54. The lowest BCUT2D eigenvalue weighted by atomic mass is 10.00. The number of nitrogens with zero attached hydrogens (tertiary/aromatic N) is 2. The lowest BCUT2D eigenvalue weighted by Gasteiger charge is -2.32. The summed E-state index contributed by atoms with van der Waals surface area (Å²) in [5.41, 5.74) is 8.51. The molecule has 3 aliphatic heterocycles. The molecule has 0 spiro atoms. The predicted molar refractivity (Wildman–Crippen MR) is 263 cm³/mol. The summed E-state index contributed by atoms with van der Waals surface area (Å²) in [6.07, 6.45) is 6.31. The number of unbranched alkanes of at least 4 members (excludes halogenated alkanes) is 5. The van der Waals surface area contributed by atoms with Gasteiger partial charge in [0.05, 0.1) is 12.2 Å². The molecule has 3 aromatic rings. The molecule has 18 nitrogen and oxygen atoms in total. The molecule has 2 unspecified atom stereocenters. The number of carbonyl (C=O) groups excluding carboxylic acids is 7. The van der Waals surface area contributed by atoms with E-state index in [1.54, 1.807) is 24.3 Å². The van der Waals surface area contributed by atoms with Crippen molar-refractivity contribution in [3.63, 3.8) is 0 Å². The van der Waals surface area contributed by atoms with E-state index in [0.717, 1.165) is 29.2 Å². The zero-order valence-electron chi connectivity index (χ0n) is 40.7. The number of hydrogen-bond donors (Lipinski definition) is 9. The third-order valence-electron chi connectivity index (χ3n) is 13.7. The number of phenolic OH excluding ortho intramolecular Hbond substituents is 1. The topological polar surface area (TPSA) is 273 Å². The van der Waals surface area contributed by atoms with E-state index in [4.69, 9.17) is 5.73 Å². The molecule has 3 aromatic carbocycles. The zero-order valence-corrected chi connectivity index (χ0v) is 40.7. The van der Waals surface area contributed by atoms with Crippen LogP contribution in [0.4, 0.5) is 0 Å². The highest BCUT2D eigenvalue weighted by Gasteiger charge is 2.44. The average Bonchev–Trinajstić information content (AvgIpc) is 4.00. The van der Waals surface area contributed by atoms with Crippen molar-refractivity contribution >= 4 is 52.1 Å². The van der Waals surface area contributed by atoms with Crippen LogP contribution >= 0.6 is 0 Å².